The maximum atomic E-state index is 13.5. The van der Waals surface area contributed by atoms with Crippen LogP contribution in [0.2, 0.25) is 0 Å². The van der Waals surface area contributed by atoms with Gasteiger partial charge >= 0.3 is 6.01 Å². The molecule has 0 unspecified atom stereocenters. The van der Waals surface area contributed by atoms with Crippen molar-refractivity contribution in [1.82, 2.24) is 15.0 Å². The summed E-state index contributed by atoms with van der Waals surface area (Å²) in [6.07, 6.45) is 0. The van der Waals surface area contributed by atoms with Gasteiger partial charge < -0.3 is 10.1 Å². The van der Waals surface area contributed by atoms with E-state index in [0.29, 0.717) is 22.9 Å². The maximum Gasteiger partial charge on any atom is 0.321 e. The summed E-state index contributed by atoms with van der Waals surface area (Å²) in [6.45, 7) is 1.68. The molecule has 5 nitrogen and oxygen atoms in total. The molecule has 0 aliphatic rings. The number of anilines is 1. The van der Waals surface area contributed by atoms with Crippen LogP contribution in [0.5, 0.6) is 6.01 Å². The molecule has 1 aromatic heterocycles. The Kier molecular flexibility index (Phi) is 3.36. The minimum absolute atomic E-state index is 0.188. The molecule has 0 saturated carbocycles. The van der Waals surface area contributed by atoms with Crippen molar-refractivity contribution in [3.8, 4) is 17.4 Å². The molecule has 0 spiro atoms. The fourth-order valence-corrected chi connectivity index (χ4v) is 1.53. The first-order chi connectivity index (χ1) is 8.65. The van der Waals surface area contributed by atoms with Crippen LogP contribution in [0.1, 0.15) is 5.56 Å². The Bertz CT molecular complexity index is 552. The Labute approximate surface area is 104 Å². The molecule has 0 atom stereocenters. The predicted octanol–water partition coefficient (Wildman–Crippen LogP) is 2.04. The summed E-state index contributed by atoms with van der Waals surface area (Å²) in [5.41, 5.74) is 1.11. The smallest absolute Gasteiger partial charge is 0.321 e. The molecule has 1 heterocycles. The number of nitrogens with zero attached hydrogens (tertiary/aromatic N) is 3. The highest BCUT2D eigenvalue weighted by atomic mass is 19.1. The number of ether oxygens (including phenoxy) is 1. The second-order valence-electron chi connectivity index (χ2n) is 3.63. The van der Waals surface area contributed by atoms with Crippen LogP contribution in [0.4, 0.5) is 10.3 Å². The predicted molar refractivity (Wildman–Crippen MR) is 66.1 cm³/mol. The summed E-state index contributed by atoms with van der Waals surface area (Å²) < 4.78 is 18.5. The molecule has 0 fully saturated rings. The van der Waals surface area contributed by atoms with Crippen molar-refractivity contribution in [2.45, 2.75) is 6.92 Å². The molecule has 0 bridgehead atoms. The summed E-state index contributed by atoms with van der Waals surface area (Å²) in [4.78, 5) is 12.3. The standard InChI is InChI=1S/C12H13FN4O/c1-7-8(5-4-6-9(7)13)10-15-11(14-2)17-12(16-10)18-3/h4-6H,1-3H3,(H,14,15,16,17). The van der Waals surface area contributed by atoms with E-state index < -0.39 is 0 Å². The maximum absolute atomic E-state index is 13.5. The van der Waals surface area contributed by atoms with Crippen molar-refractivity contribution in [1.29, 1.82) is 0 Å². The van der Waals surface area contributed by atoms with Gasteiger partial charge in [0, 0.05) is 12.6 Å². The molecule has 0 aliphatic carbocycles. The lowest BCUT2D eigenvalue weighted by Crippen LogP contribution is -2.04. The minimum atomic E-state index is -0.294. The molecule has 94 valence electrons. The highest BCUT2D eigenvalue weighted by Gasteiger charge is 2.12. The largest absolute Gasteiger partial charge is 0.467 e. The van der Waals surface area contributed by atoms with E-state index in [2.05, 4.69) is 20.3 Å². The van der Waals surface area contributed by atoms with Gasteiger partial charge in [-0.1, -0.05) is 12.1 Å². The molecule has 1 aromatic carbocycles. The second-order valence-corrected chi connectivity index (χ2v) is 3.63. The van der Waals surface area contributed by atoms with Gasteiger partial charge in [-0.2, -0.15) is 15.0 Å². The summed E-state index contributed by atoms with van der Waals surface area (Å²) in [5.74, 6) is 0.460. The highest BCUT2D eigenvalue weighted by Crippen LogP contribution is 2.23. The zero-order valence-electron chi connectivity index (χ0n) is 10.4. The first kappa shape index (κ1) is 12.2. The molecule has 2 rings (SSSR count). The highest BCUT2D eigenvalue weighted by molar-refractivity contribution is 5.61. The van der Waals surface area contributed by atoms with E-state index >= 15 is 0 Å². The molecular formula is C12H13FN4O. The lowest BCUT2D eigenvalue weighted by molar-refractivity contribution is 0.379. The van der Waals surface area contributed by atoms with E-state index in [1.165, 1.54) is 13.2 Å². The molecule has 1 N–H and O–H groups in total. The third kappa shape index (κ3) is 2.22. The molecular weight excluding hydrogens is 235 g/mol. The Morgan fingerprint density at radius 2 is 2.00 bits per heavy atom. The third-order valence-corrected chi connectivity index (χ3v) is 2.53. The lowest BCUT2D eigenvalue weighted by atomic mass is 10.1. The van der Waals surface area contributed by atoms with Crippen LogP contribution in [-0.4, -0.2) is 29.1 Å². The monoisotopic (exact) mass is 248 g/mol. The van der Waals surface area contributed by atoms with Gasteiger partial charge in [0.05, 0.1) is 7.11 Å². The van der Waals surface area contributed by atoms with Gasteiger partial charge in [-0.15, -0.1) is 0 Å². The zero-order chi connectivity index (χ0) is 13.1. The number of halogens is 1. The fourth-order valence-electron chi connectivity index (χ4n) is 1.53. The Balaban J connectivity index is 2.59. The van der Waals surface area contributed by atoms with Gasteiger partial charge in [-0.05, 0) is 18.6 Å². The normalized spacial score (nSPS) is 10.2. The number of hydrogen-bond donors (Lipinski definition) is 1. The topological polar surface area (TPSA) is 59.9 Å². The van der Waals surface area contributed by atoms with Crippen LogP contribution >= 0.6 is 0 Å². The van der Waals surface area contributed by atoms with Gasteiger partial charge in [0.25, 0.3) is 0 Å². The average Bonchev–Trinajstić information content (AvgIpc) is 2.41. The van der Waals surface area contributed by atoms with Crippen LogP contribution < -0.4 is 10.1 Å². The first-order valence-electron chi connectivity index (χ1n) is 5.39. The summed E-state index contributed by atoms with van der Waals surface area (Å²) in [6, 6.07) is 4.96. The number of nitrogens with one attached hydrogen (secondary N) is 1. The van der Waals surface area contributed by atoms with Crippen LogP contribution in [0.25, 0.3) is 11.4 Å². The van der Waals surface area contributed by atoms with E-state index in [1.54, 1.807) is 26.1 Å². The van der Waals surface area contributed by atoms with Crippen molar-refractivity contribution in [3.05, 3.63) is 29.6 Å². The number of benzene rings is 1. The van der Waals surface area contributed by atoms with E-state index in [9.17, 15) is 4.39 Å². The van der Waals surface area contributed by atoms with Crippen molar-refractivity contribution >= 4 is 5.95 Å². The summed E-state index contributed by atoms with van der Waals surface area (Å²) in [7, 11) is 3.16. The van der Waals surface area contributed by atoms with Crippen LogP contribution in [0.3, 0.4) is 0 Å². The molecule has 0 saturated heterocycles. The molecule has 18 heavy (non-hydrogen) atoms. The van der Waals surface area contributed by atoms with E-state index in [-0.39, 0.29) is 11.8 Å². The van der Waals surface area contributed by atoms with Crippen LogP contribution in [0, 0.1) is 12.7 Å². The van der Waals surface area contributed by atoms with Crippen LogP contribution in [-0.2, 0) is 0 Å². The molecule has 6 heteroatoms. The first-order valence-corrected chi connectivity index (χ1v) is 5.39. The van der Waals surface area contributed by atoms with Crippen LogP contribution in [0.15, 0.2) is 18.2 Å². The quantitative estimate of drug-likeness (QED) is 0.900. The SMILES string of the molecule is CNc1nc(OC)nc(-c2cccc(F)c2C)n1. The zero-order valence-corrected chi connectivity index (χ0v) is 10.4. The molecule has 0 radical (unpaired) electrons. The summed E-state index contributed by atoms with van der Waals surface area (Å²) in [5, 5.41) is 2.81. The van der Waals surface area contributed by atoms with Crippen molar-refractivity contribution in [2.75, 3.05) is 19.5 Å². The summed E-state index contributed by atoms with van der Waals surface area (Å²) >= 11 is 0. The van der Waals surface area contributed by atoms with Gasteiger partial charge in [0.1, 0.15) is 5.82 Å². The minimum Gasteiger partial charge on any atom is -0.467 e. The number of methoxy groups -OCH3 is 1. The fraction of sp³-hybridized carbons (Fsp3) is 0.250. The van der Waals surface area contributed by atoms with Gasteiger partial charge in [-0.25, -0.2) is 4.39 Å². The van der Waals surface area contributed by atoms with E-state index in [4.69, 9.17) is 4.74 Å². The second kappa shape index (κ2) is 4.95. The number of rotatable bonds is 3. The Morgan fingerprint density at radius 3 is 2.67 bits per heavy atom. The van der Waals surface area contributed by atoms with Crippen molar-refractivity contribution < 1.29 is 9.13 Å². The van der Waals surface area contributed by atoms with Gasteiger partial charge in [0.2, 0.25) is 5.95 Å². The third-order valence-electron chi connectivity index (χ3n) is 2.53. The van der Waals surface area contributed by atoms with Gasteiger partial charge in [0.15, 0.2) is 5.82 Å². The lowest BCUT2D eigenvalue weighted by Gasteiger charge is -2.08. The molecule has 2 aromatic rings. The Hall–Kier alpha value is -2.24. The molecule has 0 amide bonds. The number of hydrogen-bond acceptors (Lipinski definition) is 5. The van der Waals surface area contributed by atoms with Crippen molar-refractivity contribution in [2.24, 2.45) is 0 Å². The van der Waals surface area contributed by atoms with Crippen molar-refractivity contribution in [3.63, 3.8) is 0 Å². The number of aromatic nitrogens is 3. The van der Waals surface area contributed by atoms with Gasteiger partial charge in [-0.3, -0.25) is 0 Å². The van der Waals surface area contributed by atoms with E-state index in [0.717, 1.165) is 0 Å². The Morgan fingerprint density at radius 1 is 1.22 bits per heavy atom. The average molecular weight is 248 g/mol. The van der Waals surface area contributed by atoms with E-state index in [1.807, 2.05) is 0 Å². The molecule has 0 aliphatic heterocycles.